The summed E-state index contributed by atoms with van der Waals surface area (Å²) in [6.45, 7) is 1.91. The molecule has 4 aromatic rings. The van der Waals surface area contributed by atoms with Crippen molar-refractivity contribution in [2.45, 2.75) is 44.2 Å². The molecule has 1 aliphatic carbocycles. The number of amidine groups is 1. The Kier molecular flexibility index (Phi) is 5.67. The highest BCUT2D eigenvalue weighted by Crippen LogP contribution is 2.36. The number of hydrogen-bond donors (Lipinski definition) is 2. The number of nitrogens with zero attached hydrogens (tertiary/aromatic N) is 4. The molecule has 2 aromatic heterocycles. The zero-order chi connectivity index (χ0) is 26.6. The van der Waals surface area contributed by atoms with Crippen molar-refractivity contribution < 1.29 is 27.1 Å². The maximum Gasteiger partial charge on any atom is 0.286 e. The van der Waals surface area contributed by atoms with E-state index in [1.807, 2.05) is 0 Å². The van der Waals surface area contributed by atoms with Crippen molar-refractivity contribution in [2.75, 3.05) is 5.32 Å². The highest BCUT2D eigenvalue weighted by Gasteiger charge is 2.31. The van der Waals surface area contributed by atoms with Gasteiger partial charge in [0, 0.05) is 24.9 Å². The third-order valence-electron chi connectivity index (χ3n) is 6.52. The van der Waals surface area contributed by atoms with Crippen molar-refractivity contribution in [3.63, 3.8) is 0 Å². The van der Waals surface area contributed by atoms with Gasteiger partial charge >= 0.3 is 0 Å². The van der Waals surface area contributed by atoms with Gasteiger partial charge in [0.25, 0.3) is 21.5 Å². The second-order valence-electron chi connectivity index (χ2n) is 9.28. The molecule has 6 rings (SSSR count). The van der Waals surface area contributed by atoms with Gasteiger partial charge in [0.1, 0.15) is 27.8 Å². The predicted octanol–water partition coefficient (Wildman–Crippen LogP) is 3.48. The second kappa shape index (κ2) is 8.94. The number of aryl methyl sites for hydroxylation is 2. The van der Waals surface area contributed by atoms with E-state index in [4.69, 9.17) is 9.15 Å². The molecule has 196 valence electrons. The summed E-state index contributed by atoms with van der Waals surface area (Å²) in [6, 6.07) is 8.02. The number of hydrogen-bond acceptors (Lipinski definition) is 9. The van der Waals surface area contributed by atoms with Crippen LogP contribution in [0.1, 0.15) is 36.6 Å². The Bertz CT molecular complexity index is 1790. The first-order valence-electron chi connectivity index (χ1n) is 11.9. The molecule has 0 spiro atoms. The van der Waals surface area contributed by atoms with Crippen molar-refractivity contribution in [2.24, 2.45) is 10.3 Å². The number of halogens is 1. The van der Waals surface area contributed by atoms with E-state index >= 15 is 0 Å². The van der Waals surface area contributed by atoms with E-state index in [2.05, 4.69) is 19.9 Å². The molecule has 1 saturated carbocycles. The summed E-state index contributed by atoms with van der Waals surface area (Å²) in [5, 5.41) is 21.5. The van der Waals surface area contributed by atoms with E-state index in [1.165, 1.54) is 34.9 Å². The molecule has 0 atom stereocenters. The van der Waals surface area contributed by atoms with E-state index in [9.17, 15) is 22.7 Å². The van der Waals surface area contributed by atoms with Crippen molar-refractivity contribution in [1.82, 2.24) is 14.8 Å². The van der Waals surface area contributed by atoms with Gasteiger partial charge in [-0.1, -0.05) is 12.8 Å². The summed E-state index contributed by atoms with van der Waals surface area (Å²) in [6.07, 6.45) is 2.90. The van der Waals surface area contributed by atoms with Gasteiger partial charge in [-0.05, 0) is 42.7 Å². The molecule has 0 saturated heterocycles. The molecular formula is C25H22FN5O6S. The van der Waals surface area contributed by atoms with E-state index in [-0.39, 0.29) is 45.6 Å². The normalized spacial score (nSPS) is 16.1. The number of aromatic nitrogens is 3. The van der Waals surface area contributed by atoms with Crippen molar-refractivity contribution in [3.8, 4) is 11.5 Å². The lowest BCUT2D eigenvalue weighted by atomic mass is 10.1. The average Bonchev–Trinajstić information content (AvgIpc) is 3.61. The van der Waals surface area contributed by atoms with Gasteiger partial charge in [0.15, 0.2) is 12.4 Å². The highest BCUT2D eigenvalue weighted by atomic mass is 32.2. The van der Waals surface area contributed by atoms with E-state index in [0.717, 1.165) is 25.3 Å². The largest absolute Gasteiger partial charge is 0.506 e. The van der Waals surface area contributed by atoms with Crippen LogP contribution >= 0.6 is 0 Å². The number of ether oxygens (including phenoxy) is 1. The van der Waals surface area contributed by atoms with Crippen LogP contribution in [0.5, 0.6) is 11.5 Å². The minimum absolute atomic E-state index is 0.0659. The Labute approximate surface area is 215 Å². The minimum Gasteiger partial charge on any atom is -0.506 e. The van der Waals surface area contributed by atoms with Crippen LogP contribution < -0.4 is 15.6 Å². The molecule has 0 unspecified atom stereocenters. The van der Waals surface area contributed by atoms with E-state index in [0.29, 0.717) is 23.9 Å². The summed E-state index contributed by atoms with van der Waals surface area (Å²) in [5.74, 6) is -0.182. The van der Waals surface area contributed by atoms with Crippen molar-refractivity contribution in [3.05, 3.63) is 69.9 Å². The zero-order valence-corrected chi connectivity index (χ0v) is 21.0. The molecular weight excluding hydrogens is 517 g/mol. The smallest absolute Gasteiger partial charge is 0.286 e. The van der Waals surface area contributed by atoms with Gasteiger partial charge in [-0.3, -0.25) is 4.79 Å². The van der Waals surface area contributed by atoms with Crippen LogP contribution in [0.2, 0.25) is 0 Å². The molecule has 0 bridgehead atoms. The quantitative estimate of drug-likeness (QED) is 0.360. The molecule has 38 heavy (non-hydrogen) atoms. The van der Waals surface area contributed by atoms with Crippen LogP contribution in [0.4, 0.5) is 10.1 Å². The highest BCUT2D eigenvalue weighted by molar-refractivity contribution is 7.90. The number of aromatic hydroxyl groups is 1. The fourth-order valence-electron chi connectivity index (χ4n) is 4.45. The Hall–Kier alpha value is -4.26. The third-order valence-corrected chi connectivity index (χ3v) is 7.84. The lowest BCUT2D eigenvalue weighted by molar-refractivity contribution is 0.260. The first-order chi connectivity index (χ1) is 18.2. The second-order valence-corrected chi connectivity index (χ2v) is 10.8. The maximum absolute atomic E-state index is 14.1. The summed E-state index contributed by atoms with van der Waals surface area (Å²) in [7, 11) is -4.30. The fourth-order valence-corrected chi connectivity index (χ4v) is 5.58. The Morgan fingerprint density at radius 1 is 1.21 bits per heavy atom. The number of benzene rings is 2. The van der Waals surface area contributed by atoms with Gasteiger partial charge in [0.05, 0.1) is 11.2 Å². The number of sulfonamides is 1. The molecule has 11 nitrogen and oxygen atoms in total. The van der Waals surface area contributed by atoms with Crippen LogP contribution in [0.15, 0.2) is 54.9 Å². The molecule has 2 aliphatic rings. The van der Waals surface area contributed by atoms with Gasteiger partial charge in [-0.15, -0.1) is 14.6 Å². The first kappa shape index (κ1) is 24.1. The number of pyridine rings is 1. The van der Waals surface area contributed by atoms with Crippen molar-refractivity contribution in [1.29, 1.82) is 0 Å². The molecule has 0 amide bonds. The number of nitrogens with one attached hydrogen (secondary N) is 1. The molecule has 13 heteroatoms. The van der Waals surface area contributed by atoms with Gasteiger partial charge in [-0.25, -0.2) is 4.39 Å². The van der Waals surface area contributed by atoms with E-state index < -0.39 is 27.1 Å². The van der Waals surface area contributed by atoms with E-state index in [1.54, 1.807) is 6.92 Å². The zero-order valence-electron chi connectivity index (χ0n) is 20.1. The summed E-state index contributed by atoms with van der Waals surface area (Å²) >= 11 is 0. The van der Waals surface area contributed by atoms with Crippen LogP contribution in [-0.4, -0.2) is 34.1 Å². The lowest BCUT2D eigenvalue weighted by Gasteiger charge is -2.21. The Morgan fingerprint density at radius 2 is 2.03 bits per heavy atom. The maximum atomic E-state index is 14.1. The van der Waals surface area contributed by atoms with Gasteiger partial charge in [0.2, 0.25) is 5.89 Å². The Morgan fingerprint density at radius 3 is 2.76 bits per heavy atom. The monoisotopic (exact) mass is 539 g/mol. The third kappa shape index (κ3) is 4.38. The number of rotatable bonds is 7. The van der Waals surface area contributed by atoms with Gasteiger partial charge < -0.3 is 24.1 Å². The molecule has 1 aliphatic heterocycles. The number of fused-ring (bicyclic) bond motifs is 2. The summed E-state index contributed by atoms with van der Waals surface area (Å²) in [5.41, 5.74) is -0.475. The Balaban J connectivity index is 1.39. The molecule has 2 N–H and O–H groups in total. The fraction of sp³-hybridized carbons (Fsp3) is 0.280. The summed E-state index contributed by atoms with van der Waals surface area (Å²) < 4.78 is 56.5. The first-order valence-corrected chi connectivity index (χ1v) is 13.4. The molecule has 1 fully saturated rings. The lowest BCUT2D eigenvalue weighted by Crippen LogP contribution is -2.33. The number of anilines is 1. The molecule has 3 heterocycles. The molecule has 2 aromatic carbocycles. The van der Waals surface area contributed by atoms with Crippen LogP contribution in [-0.2, 0) is 23.2 Å². The minimum atomic E-state index is -4.30. The standard InChI is InChI=1S/C25H22FN5O6S/c1-13-28-29-21(37-13)12-36-16-5-6-18-20(11-16)38(34,35)30-24(27-18)22-23(32)17-10-15(26)4-7-19(17)31(25(22)33)9-8-14-2-3-14/h4-7,10-11,14,32H,2-3,8-9,12H2,1H3,(H,27,30). The summed E-state index contributed by atoms with van der Waals surface area (Å²) in [4.78, 5) is 13.4. The average molecular weight is 540 g/mol. The molecule has 0 radical (unpaired) electrons. The van der Waals surface area contributed by atoms with Crippen LogP contribution in [0.3, 0.4) is 0 Å². The SMILES string of the molecule is Cc1nnc(COc2ccc3c(c2)S(=O)(=O)N=C(c2c(O)c4cc(F)ccc4n(CCC4CC4)c2=O)N3)o1. The van der Waals surface area contributed by atoms with Crippen LogP contribution in [0, 0.1) is 18.7 Å². The predicted molar refractivity (Wildman–Crippen MR) is 134 cm³/mol. The van der Waals surface area contributed by atoms with Gasteiger partial charge in [-0.2, -0.15) is 8.42 Å². The topological polar surface area (TPSA) is 149 Å². The van der Waals surface area contributed by atoms with Crippen LogP contribution in [0.25, 0.3) is 10.9 Å². The van der Waals surface area contributed by atoms with Crippen molar-refractivity contribution >= 4 is 32.4 Å².